The van der Waals surface area contributed by atoms with Gasteiger partial charge in [-0.2, -0.15) is 5.10 Å². The molecule has 0 radical (unpaired) electrons. The zero-order valence-corrected chi connectivity index (χ0v) is 14.1. The van der Waals surface area contributed by atoms with Crippen LogP contribution in [0.3, 0.4) is 0 Å². The molecule has 2 aromatic rings. The van der Waals surface area contributed by atoms with Crippen LogP contribution in [0, 0.1) is 6.92 Å². The second-order valence-corrected chi connectivity index (χ2v) is 6.95. The molecular weight excluding hydrogens is 300 g/mol. The van der Waals surface area contributed by atoms with Gasteiger partial charge in [0.25, 0.3) is 0 Å². The molecule has 2 aliphatic rings. The zero-order chi connectivity index (χ0) is 16.5. The molecule has 126 valence electrons. The van der Waals surface area contributed by atoms with Crippen LogP contribution in [0.15, 0.2) is 24.3 Å². The smallest absolute Gasteiger partial charge is 0.320 e. The van der Waals surface area contributed by atoms with Crippen LogP contribution in [-0.4, -0.2) is 15.8 Å². The Morgan fingerprint density at radius 2 is 2.12 bits per heavy atom. The fourth-order valence-electron chi connectivity index (χ4n) is 3.86. The van der Waals surface area contributed by atoms with E-state index in [4.69, 9.17) is 0 Å². The molecule has 1 aromatic carbocycles. The number of fused-ring (bicyclic) bond motifs is 2. The molecule has 1 atom stereocenters. The number of hydrogen-bond acceptors (Lipinski definition) is 2. The number of carbonyl (C=O) groups is 1. The molecule has 1 aliphatic heterocycles. The first-order chi connectivity index (χ1) is 11.7. The molecule has 1 aromatic heterocycles. The molecule has 5 nitrogen and oxygen atoms in total. The van der Waals surface area contributed by atoms with Gasteiger partial charge in [-0.15, -0.1) is 0 Å². The third-order valence-corrected chi connectivity index (χ3v) is 5.08. The summed E-state index contributed by atoms with van der Waals surface area (Å²) < 4.78 is 2.01. The molecule has 0 saturated carbocycles. The van der Waals surface area contributed by atoms with Crippen LogP contribution >= 0.6 is 0 Å². The number of nitrogens with zero attached hydrogens (tertiary/aromatic N) is 2. The molecule has 0 spiro atoms. The van der Waals surface area contributed by atoms with Crippen molar-refractivity contribution in [2.24, 2.45) is 0 Å². The fourth-order valence-corrected chi connectivity index (χ4v) is 3.86. The predicted octanol–water partition coefficient (Wildman–Crippen LogP) is 3.73. The molecule has 0 bridgehead atoms. The van der Waals surface area contributed by atoms with Crippen molar-refractivity contribution in [2.45, 2.75) is 58.0 Å². The Morgan fingerprint density at radius 3 is 3.00 bits per heavy atom. The van der Waals surface area contributed by atoms with Crippen molar-refractivity contribution < 1.29 is 4.79 Å². The summed E-state index contributed by atoms with van der Waals surface area (Å²) in [5.74, 6) is 0.657. The van der Waals surface area contributed by atoms with E-state index in [9.17, 15) is 4.79 Å². The zero-order valence-electron chi connectivity index (χ0n) is 14.1. The molecule has 4 rings (SSSR count). The molecule has 5 heteroatoms. The molecule has 2 heterocycles. The molecule has 0 unspecified atom stereocenters. The van der Waals surface area contributed by atoms with E-state index in [1.54, 1.807) is 0 Å². The van der Waals surface area contributed by atoms with Gasteiger partial charge >= 0.3 is 6.03 Å². The van der Waals surface area contributed by atoms with Crippen LogP contribution in [0.2, 0.25) is 0 Å². The summed E-state index contributed by atoms with van der Waals surface area (Å²) in [4.78, 5) is 12.4. The van der Waals surface area contributed by atoms with Gasteiger partial charge in [-0.05, 0) is 56.6 Å². The number of anilines is 1. The third kappa shape index (κ3) is 3.03. The van der Waals surface area contributed by atoms with Crippen LogP contribution < -0.4 is 10.6 Å². The first-order valence-corrected chi connectivity index (χ1v) is 8.93. The Bertz CT molecular complexity index is 741. The number of nitrogens with one attached hydrogen (secondary N) is 2. The van der Waals surface area contributed by atoms with Crippen molar-refractivity contribution in [2.75, 3.05) is 5.32 Å². The second kappa shape index (κ2) is 6.30. The predicted molar refractivity (Wildman–Crippen MR) is 94.2 cm³/mol. The van der Waals surface area contributed by atoms with E-state index in [0.717, 1.165) is 32.2 Å². The van der Waals surface area contributed by atoms with Crippen molar-refractivity contribution in [3.8, 4) is 0 Å². The Labute approximate surface area is 142 Å². The van der Waals surface area contributed by atoms with E-state index in [1.807, 2.05) is 10.7 Å². The average Bonchev–Trinajstić information content (AvgIpc) is 2.97. The lowest BCUT2D eigenvalue weighted by Crippen LogP contribution is -2.34. The Kier molecular flexibility index (Phi) is 4.00. The highest BCUT2D eigenvalue weighted by molar-refractivity contribution is 5.88. The van der Waals surface area contributed by atoms with Crippen molar-refractivity contribution in [3.05, 3.63) is 46.6 Å². The Hall–Kier alpha value is -2.30. The number of rotatable bonds is 2. The lowest BCUT2D eigenvalue weighted by molar-refractivity contribution is 0.247. The lowest BCUT2D eigenvalue weighted by atomic mass is 9.87. The van der Waals surface area contributed by atoms with E-state index < -0.39 is 0 Å². The summed E-state index contributed by atoms with van der Waals surface area (Å²) in [7, 11) is 0. The number of carbonyl (C=O) groups excluding carboxylic acids is 1. The summed E-state index contributed by atoms with van der Waals surface area (Å²) in [5.41, 5.74) is 5.08. The van der Waals surface area contributed by atoms with Gasteiger partial charge in [0.15, 0.2) is 5.82 Å². The fraction of sp³-hybridized carbons (Fsp3) is 0.474. The molecule has 2 amide bonds. The first-order valence-electron chi connectivity index (χ1n) is 8.93. The molecule has 0 fully saturated rings. The number of aromatic nitrogens is 2. The molecule has 2 N–H and O–H groups in total. The van der Waals surface area contributed by atoms with E-state index in [1.165, 1.54) is 35.2 Å². The molecule has 0 saturated heterocycles. The monoisotopic (exact) mass is 324 g/mol. The number of hydrogen-bond donors (Lipinski definition) is 2. The van der Waals surface area contributed by atoms with Gasteiger partial charge < -0.3 is 5.32 Å². The van der Waals surface area contributed by atoms with Crippen molar-refractivity contribution in [3.63, 3.8) is 0 Å². The molecule has 1 aliphatic carbocycles. The minimum atomic E-state index is -0.162. The van der Waals surface area contributed by atoms with Gasteiger partial charge in [0.2, 0.25) is 0 Å². The summed E-state index contributed by atoms with van der Waals surface area (Å²) in [6.07, 6.45) is 6.62. The number of urea groups is 1. The van der Waals surface area contributed by atoms with Gasteiger partial charge in [-0.3, -0.25) is 10.00 Å². The molecular formula is C19H24N4O. The highest BCUT2D eigenvalue weighted by Crippen LogP contribution is 2.30. The summed E-state index contributed by atoms with van der Waals surface area (Å²) in [6.45, 7) is 3.05. The number of aryl methyl sites for hydroxylation is 4. The van der Waals surface area contributed by atoms with Crippen molar-refractivity contribution in [1.29, 1.82) is 0 Å². The van der Waals surface area contributed by atoms with E-state index in [-0.39, 0.29) is 12.1 Å². The Morgan fingerprint density at radius 1 is 1.21 bits per heavy atom. The van der Waals surface area contributed by atoms with Gasteiger partial charge in [-0.25, -0.2) is 4.79 Å². The van der Waals surface area contributed by atoms with Crippen molar-refractivity contribution in [1.82, 2.24) is 15.1 Å². The van der Waals surface area contributed by atoms with E-state index >= 15 is 0 Å². The normalized spacial score (nSPS) is 19.3. The summed E-state index contributed by atoms with van der Waals surface area (Å²) in [6, 6.07) is 8.47. The van der Waals surface area contributed by atoms with Gasteiger partial charge in [0, 0.05) is 18.3 Å². The summed E-state index contributed by atoms with van der Waals surface area (Å²) >= 11 is 0. The highest BCUT2D eigenvalue weighted by Gasteiger charge is 2.22. The SMILES string of the molecule is Cc1ccc2c(c1)[C@@H](NC(=O)Nc1cc3n(n1)CCCC3)CCC2. The van der Waals surface area contributed by atoms with Crippen molar-refractivity contribution >= 4 is 11.8 Å². The van der Waals surface area contributed by atoms with Crippen LogP contribution in [0.4, 0.5) is 10.6 Å². The highest BCUT2D eigenvalue weighted by atomic mass is 16.2. The maximum Gasteiger partial charge on any atom is 0.320 e. The van der Waals surface area contributed by atoms with Gasteiger partial charge in [-0.1, -0.05) is 23.8 Å². The van der Waals surface area contributed by atoms with Gasteiger partial charge in [0.1, 0.15) is 0 Å². The van der Waals surface area contributed by atoms with Gasteiger partial charge in [0.05, 0.1) is 6.04 Å². The standard InChI is InChI=1S/C19H24N4O/c1-13-8-9-14-5-4-7-17(16(14)11-13)20-19(24)21-18-12-15-6-2-3-10-23(15)22-18/h8-9,11-12,17H,2-7,10H2,1H3,(H2,20,21,22,24)/t17-/m0/s1. The van der Waals surface area contributed by atoms with Crippen LogP contribution in [0.1, 0.15) is 54.1 Å². The Balaban J connectivity index is 1.45. The minimum absolute atomic E-state index is 0.0888. The number of benzene rings is 1. The van der Waals surface area contributed by atoms with Crippen LogP contribution in [0.5, 0.6) is 0 Å². The third-order valence-electron chi connectivity index (χ3n) is 5.08. The second-order valence-electron chi connectivity index (χ2n) is 6.95. The van der Waals surface area contributed by atoms with Crippen LogP contribution in [0.25, 0.3) is 0 Å². The maximum absolute atomic E-state index is 12.4. The largest absolute Gasteiger partial charge is 0.331 e. The van der Waals surface area contributed by atoms with Crippen LogP contribution in [-0.2, 0) is 19.4 Å². The van der Waals surface area contributed by atoms with E-state index in [0.29, 0.717) is 5.82 Å². The van der Waals surface area contributed by atoms with E-state index in [2.05, 4.69) is 40.9 Å². The number of amides is 2. The minimum Gasteiger partial charge on any atom is -0.331 e. The maximum atomic E-state index is 12.4. The topological polar surface area (TPSA) is 59.0 Å². The quantitative estimate of drug-likeness (QED) is 0.884. The summed E-state index contributed by atoms with van der Waals surface area (Å²) in [5, 5.41) is 10.5. The lowest BCUT2D eigenvalue weighted by Gasteiger charge is -2.26. The molecule has 24 heavy (non-hydrogen) atoms. The first kappa shape index (κ1) is 15.2. The average molecular weight is 324 g/mol.